The number of carbonyl (C=O) groups excluding carboxylic acids is 1. The van der Waals surface area contributed by atoms with Gasteiger partial charge in [-0.3, -0.25) is 0 Å². The number of rotatable bonds is 4. The molecule has 2 aromatic carbocycles. The Kier molecular flexibility index (Phi) is 4.95. The molecule has 5 nitrogen and oxygen atoms in total. The van der Waals surface area contributed by atoms with E-state index >= 15 is 0 Å². The van der Waals surface area contributed by atoms with E-state index in [1.54, 1.807) is 4.90 Å². The van der Waals surface area contributed by atoms with Gasteiger partial charge < -0.3 is 20.1 Å². The fourth-order valence-corrected chi connectivity index (χ4v) is 3.33. The molecule has 2 aromatic rings. The zero-order chi connectivity index (χ0) is 17.9. The fraction of sp³-hybridized carbons (Fsp3) is 0.350. The van der Waals surface area contributed by atoms with Crippen LogP contribution in [-0.4, -0.2) is 35.7 Å². The average Bonchev–Trinajstić information content (AvgIpc) is 3.01. The van der Waals surface area contributed by atoms with Crippen molar-refractivity contribution in [2.24, 2.45) is 0 Å². The zero-order valence-electron chi connectivity index (χ0n) is 14.7. The number of carbonyl (C=O) groups is 1. The second-order valence-electron chi connectivity index (χ2n) is 6.38. The van der Waals surface area contributed by atoms with Gasteiger partial charge >= 0.3 is 6.03 Å². The summed E-state index contributed by atoms with van der Waals surface area (Å²) >= 11 is 0. The Bertz CT molecular complexity index is 762. The molecule has 0 aromatic heterocycles. The largest absolute Gasteiger partial charge is 0.492 e. The molecule has 0 saturated carbocycles. The number of urea groups is 1. The number of benzene rings is 2. The summed E-state index contributed by atoms with van der Waals surface area (Å²) in [5.41, 5.74) is 1.57. The summed E-state index contributed by atoms with van der Waals surface area (Å²) < 4.78 is 5.54. The number of anilines is 1. The number of likely N-dealkylation sites (tertiary alicyclic amines) is 1. The number of ether oxygens (including phenoxy) is 1. The maximum atomic E-state index is 12.6. The molecule has 1 fully saturated rings. The summed E-state index contributed by atoms with van der Waals surface area (Å²) in [7, 11) is 0. The van der Waals surface area contributed by atoms with Gasteiger partial charge in [0.25, 0.3) is 0 Å². The van der Waals surface area contributed by atoms with E-state index in [0.29, 0.717) is 31.0 Å². The molecule has 0 spiro atoms. The molecule has 1 atom stereocenters. The first-order valence-electron chi connectivity index (χ1n) is 8.60. The van der Waals surface area contributed by atoms with Crippen LogP contribution in [0.15, 0.2) is 48.5 Å². The number of nitrogens with zero attached hydrogens (tertiary/aromatic N) is 1. The normalized spacial score (nSPS) is 19.7. The minimum absolute atomic E-state index is 0.225. The quantitative estimate of drug-likeness (QED) is 0.895. The SMILES string of the molecule is CCOc1ccccc1NC(=O)N1CCC(O)(c2ccccc2C)C1. The van der Waals surface area contributed by atoms with Gasteiger partial charge in [0.2, 0.25) is 0 Å². The summed E-state index contributed by atoms with van der Waals surface area (Å²) in [6.07, 6.45) is 0.526. The van der Waals surface area contributed by atoms with Gasteiger partial charge in [0.15, 0.2) is 0 Å². The standard InChI is InChI=1S/C20H24N2O3/c1-3-25-18-11-7-6-10-17(18)21-19(23)22-13-12-20(24,14-22)16-9-5-4-8-15(16)2/h4-11,24H,3,12-14H2,1-2H3,(H,21,23). The Hall–Kier alpha value is -2.53. The highest BCUT2D eigenvalue weighted by molar-refractivity contribution is 5.91. The molecule has 132 valence electrons. The number of aryl methyl sites for hydroxylation is 1. The van der Waals surface area contributed by atoms with Crippen molar-refractivity contribution in [3.63, 3.8) is 0 Å². The number of amides is 2. The van der Waals surface area contributed by atoms with Gasteiger partial charge in [-0.15, -0.1) is 0 Å². The highest BCUT2D eigenvalue weighted by atomic mass is 16.5. The van der Waals surface area contributed by atoms with Crippen LogP contribution in [0.5, 0.6) is 5.75 Å². The van der Waals surface area contributed by atoms with Crippen molar-refractivity contribution in [2.75, 3.05) is 25.0 Å². The van der Waals surface area contributed by atoms with Crippen molar-refractivity contribution in [1.29, 1.82) is 0 Å². The van der Waals surface area contributed by atoms with Crippen LogP contribution in [0.3, 0.4) is 0 Å². The van der Waals surface area contributed by atoms with E-state index in [1.807, 2.05) is 62.4 Å². The van der Waals surface area contributed by atoms with Gasteiger partial charge in [0, 0.05) is 6.54 Å². The zero-order valence-corrected chi connectivity index (χ0v) is 14.7. The van der Waals surface area contributed by atoms with Gasteiger partial charge in [0.05, 0.1) is 18.8 Å². The summed E-state index contributed by atoms with van der Waals surface area (Å²) in [5, 5.41) is 13.9. The molecule has 2 N–H and O–H groups in total. The second kappa shape index (κ2) is 7.15. The van der Waals surface area contributed by atoms with E-state index < -0.39 is 5.60 Å². The van der Waals surface area contributed by atoms with Crippen LogP contribution in [0.4, 0.5) is 10.5 Å². The van der Waals surface area contributed by atoms with Crippen LogP contribution in [0.25, 0.3) is 0 Å². The first-order valence-corrected chi connectivity index (χ1v) is 8.60. The molecule has 1 unspecified atom stereocenters. The van der Waals surface area contributed by atoms with Crippen LogP contribution in [0, 0.1) is 6.92 Å². The first-order chi connectivity index (χ1) is 12.0. The van der Waals surface area contributed by atoms with E-state index in [0.717, 1.165) is 11.1 Å². The van der Waals surface area contributed by atoms with Crippen molar-refractivity contribution < 1.29 is 14.6 Å². The highest BCUT2D eigenvalue weighted by Gasteiger charge is 2.40. The average molecular weight is 340 g/mol. The molecule has 5 heteroatoms. The molecule has 0 aliphatic carbocycles. The lowest BCUT2D eigenvalue weighted by molar-refractivity contribution is 0.0494. The van der Waals surface area contributed by atoms with Gasteiger partial charge in [0.1, 0.15) is 11.4 Å². The van der Waals surface area contributed by atoms with E-state index in [1.165, 1.54) is 0 Å². The molecular formula is C20H24N2O3. The lowest BCUT2D eigenvalue weighted by Crippen LogP contribution is -2.37. The monoisotopic (exact) mass is 340 g/mol. The van der Waals surface area contributed by atoms with Crippen molar-refractivity contribution >= 4 is 11.7 Å². The van der Waals surface area contributed by atoms with Crippen LogP contribution < -0.4 is 10.1 Å². The third-order valence-electron chi connectivity index (χ3n) is 4.61. The number of aliphatic hydroxyl groups is 1. The van der Waals surface area contributed by atoms with Crippen molar-refractivity contribution in [3.05, 3.63) is 59.7 Å². The Balaban J connectivity index is 1.72. The summed E-state index contributed by atoms with van der Waals surface area (Å²) in [6.45, 7) is 5.20. The van der Waals surface area contributed by atoms with Gasteiger partial charge in [-0.05, 0) is 43.5 Å². The number of para-hydroxylation sites is 2. The maximum Gasteiger partial charge on any atom is 0.322 e. The van der Waals surface area contributed by atoms with E-state index in [2.05, 4.69) is 5.32 Å². The molecule has 0 bridgehead atoms. The van der Waals surface area contributed by atoms with Crippen LogP contribution in [0.2, 0.25) is 0 Å². The van der Waals surface area contributed by atoms with Crippen LogP contribution in [0.1, 0.15) is 24.5 Å². The minimum atomic E-state index is -0.998. The Morgan fingerprint density at radius 2 is 1.96 bits per heavy atom. The number of β-amino-alcohol motifs (C(OH)–C–C–N with tert-alkyl or cyclic N) is 1. The maximum absolute atomic E-state index is 12.6. The van der Waals surface area contributed by atoms with Crippen LogP contribution >= 0.6 is 0 Å². The number of hydrogen-bond acceptors (Lipinski definition) is 3. The summed E-state index contributed by atoms with van der Waals surface area (Å²) in [6, 6.07) is 14.9. The molecule has 1 aliphatic rings. The third-order valence-corrected chi connectivity index (χ3v) is 4.61. The van der Waals surface area contributed by atoms with Gasteiger partial charge in [-0.1, -0.05) is 36.4 Å². The predicted molar refractivity (Wildman–Crippen MR) is 97.9 cm³/mol. The molecule has 1 saturated heterocycles. The van der Waals surface area contributed by atoms with Crippen molar-refractivity contribution in [3.8, 4) is 5.75 Å². The topological polar surface area (TPSA) is 61.8 Å². The molecule has 1 heterocycles. The van der Waals surface area contributed by atoms with Crippen LogP contribution in [-0.2, 0) is 5.60 Å². The number of hydrogen-bond donors (Lipinski definition) is 2. The van der Waals surface area contributed by atoms with Gasteiger partial charge in [-0.2, -0.15) is 0 Å². The molecule has 25 heavy (non-hydrogen) atoms. The molecule has 0 radical (unpaired) electrons. The van der Waals surface area contributed by atoms with Gasteiger partial charge in [-0.25, -0.2) is 4.79 Å². The predicted octanol–water partition coefficient (Wildman–Crippen LogP) is 3.52. The Labute approximate surface area is 148 Å². The minimum Gasteiger partial charge on any atom is -0.492 e. The molecule has 3 rings (SSSR count). The Morgan fingerprint density at radius 1 is 1.24 bits per heavy atom. The van der Waals surface area contributed by atoms with E-state index in [9.17, 15) is 9.90 Å². The molecule has 1 aliphatic heterocycles. The molecular weight excluding hydrogens is 316 g/mol. The Morgan fingerprint density at radius 3 is 2.72 bits per heavy atom. The van der Waals surface area contributed by atoms with Crippen molar-refractivity contribution in [1.82, 2.24) is 4.90 Å². The second-order valence-corrected chi connectivity index (χ2v) is 6.38. The first kappa shape index (κ1) is 17.3. The third kappa shape index (κ3) is 3.61. The summed E-state index contributed by atoms with van der Waals surface area (Å²) in [5.74, 6) is 0.645. The smallest absolute Gasteiger partial charge is 0.322 e. The fourth-order valence-electron chi connectivity index (χ4n) is 3.33. The number of nitrogens with one attached hydrogen (secondary N) is 1. The van der Waals surface area contributed by atoms with E-state index in [-0.39, 0.29) is 12.6 Å². The van der Waals surface area contributed by atoms with Crippen molar-refractivity contribution in [2.45, 2.75) is 25.9 Å². The highest BCUT2D eigenvalue weighted by Crippen LogP contribution is 2.34. The molecule has 2 amide bonds. The lowest BCUT2D eigenvalue weighted by Gasteiger charge is -2.25. The summed E-state index contributed by atoms with van der Waals surface area (Å²) in [4.78, 5) is 14.3. The lowest BCUT2D eigenvalue weighted by atomic mass is 9.89. The van der Waals surface area contributed by atoms with E-state index in [4.69, 9.17) is 4.74 Å².